The number of nitro groups is 1. The maximum Gasteiger partial charge on any atom is 0.305 e. The highest BCUT2D eigenvalue weighted by Gasteiger charge is 2.23. The molecule has 0 saturated heterocycles. The Hall–Kier alpha value is -1.53. The molecule has 1 rings (SSSR count). The molecule has 16 heavy (non-hydrogen) atoms. The summed E-state index contributed by atoms with van der Waals surface area (Å²) < 4.78 is 13.6. The minimum atomic E-state index is -0.990. The van der Waals surface area contributed by atoms with Crippen molar-refractivity contribution in [1.29, 1.82) is 0 Å². The summed E-state index contributed by atoms with van der Waals surface area (Å²) in [5, 5.41) is 19.4. The number of nitro benzene ring substituents is 1. The van der Waals surface area contributed by atoms with Gasteiger partial charge in [0.15, 0.2) is 0 Å². The quantitative estimate of drug-likeness (QED) is 0.594. The van der Waals surface area contributed by atoms with Crippen LogP contribution in [-0.2, 0) is 6.42 Å². The van der Waals surface area contributed by atoms with Crippen LogP contribution in [-0.4, -0.2) is 22.2 Å². The minimum Gasteiger partial charge on any atom is -0.394 e. The number of nitrogens with zero attached hydrogens (tertiary/aromatic N) is 1. The maximum atomic E-state index is 13.6. The molecule has 0 aliphatic carbocycles. The highest BCUT2D eigenvalue weighted by molar-refractivity contribution is 5.37. The van der Waals surface area contributed by atoms with Crippen molar-refractivity contribution < 1.29 is 14.4 Å². The average molecular weight is 228 g/mol. The van der Waals surface area contributed by atoms with Gasteiger partial charge in [-0.1, -0.05) is 12.1 Å². The van der Waals surface area contributed by atoms with Crippen molar-refractivity contribution in [2.45, 2.75) is 18.9 Å². The van der Waals surface area contributed by atoms with Crippen LogP contribution in [0.25, 0.3) is 0 Å². The van der Waals surface area contributed by atoms with Crippen molar-refractivity contribution in [3.63, 3.8) is 0 Å². The zero-order valence-electron chi connectivity index (χ0n) is 8.81. The van der Waals surface area contributed by atoms with Crippen LogP contribution in [0.1, 0.15) is 12.5 Å². The van der Waals surface area contributed by atoms with Gasteiger partial charge < -0.3 is 10.8 Å². The summed E-state index contributed by atoms with van der Waals surface area (Å²) in [4.78, 5) is 9.71. The molecular formula is C10H13FN2O3. The summed E-state index contributed by atoms with van der Waals surface area (Å²) in [6.45, 7) is 1.22. The van der Waals surface area contributed by atoms with Gasteiger partial charge in [-0.25, -0.2) is 0 Å². The Balaban J connectivity index is 3.07. The van der Waals surface area contributed by atoms with Crippen molar-refractivity contribution in [2.24, 2.45) is 5.73 Å². The summed E-state index contributed by atoms with van der Waals surface area (Å²) in [7, 11) is 0. The lowest BCUT2D eigenvalue weighted by molar-refractivity contribution is -0.387. The van der Waals surface area contributed by atoms with Gasteiger partial charge in [0, 0.05) is 11.6 Å². The number of hydrogen-bond acceptors (Lipinski definition) is 4. The third-order valence-corrected chi connectivity index (χ3v) is 2.21. The van der Waals surface area contributed by atoms with E-state index in [-0.39, 0.29) is 18.6 Å². The molecule has 0 aromatic heterocycles. The van der Waals surface area contributed by atoms with Crippen molar-refractivity contribution >= 4 is 5.69 Å². The molecule has 0 bridgehead atoms. The van der Waals surface area contributed by atoms with E-state index in [1.165, 1.54) is 12.1 Å². The molecule has 1 aromatic rings. The largest absolute Gasteiger partial charge is 0.394 e. The Labute approximate surface area is 91.8 Å². The van der Waals surface area contributed by atoms with E-state index >= 15 is 0 Å². The number of halogens is 1. The van der Waals surface area contributed by atoms with E-state index in [0.29, 0.717) is 0 Å². The first-order valence-electron chi connectivity index (χ1n) is 4.69. The molecule has 0 radical (unpaired) electrons. The molecule has 0 saturated carbocycles. The van der Waals surface area contributed by atoms with E-state index in [1.54, 1.807) is 6.92 Å². The summed E-state index contributed by atoms with van der Waals surface area (Å²) in [6.07, 6.45) is 0.0387. The fraction of sp³-hybridized carbons (Fsp3) is 0.400. The highest BCUT2D eigenvalue weighted by Crippen LogP contribution is 2.22. The van der Waals surface area contributed by atoms with Gasteiger partial charge >= 0.3 is 5.69 Å². The van der Waals surface area contributed by atoms with Crippen molar-refractivity contribution in [3.8, 4) is 0 Å². The molecule has 1 atom stereocenters. The van der Waals surface area contributed by atoms with Gasteiger partial charge in [0.05, 0.1) is 11.5 Å². The van der Waals surface area contributed by atoms with Gasteiger partial charge in [-0.3, -0.25) is 10.1 Å². The molecule has 6 heteroatoms. The zero-order chi connectivity index (χ0) is 12.3. The zero-order valence-corrected chi connectivity index (χ0v) is 8.81. The van der Waals surface area contributed by atoms with E-state index < -0.39 is 22.0 Å². The van der Waals surface area contributed by atoms with Crippen LogP contribution in [0.2, 0.25) is 0 Å². The molecule has 0 aliphatic heterocycles. The SMILES string of the molecule is CC(N)(CO)Cc1cccc([N+](=O)[O-])c1F. The summed E-state index contributed by atoms with van der Waals surface area (Å²) in [6, 6.07) is 3.90. The Morgan fingerprint density at radius 3 is 2.75 bits per heavy atom. The molecule has 0 aliphatic rings. The monoisotopic (exact) mass is 228 g/mol. The second kappa shape index (κ2) is 4.54. The topological polar surface area (TPSA) is 89.4 Å². The average Bonchev–Trinajstić information content (AvgIpc) is 2.20. The fourth-order valence-corrected chi connectivity index (χ4v) is 1.33. The molecular weight excluding hydrogens is 215 g/mol. The molecule has 5 nitrogen and oxygen atoms in total. The summed E-state index contributed by atoms with van der Waals surface area (Å²) in [5.41, 5.74) is 4.22. The lowest BCUT2D eigenvalue weighted by atomic mass is 9.94. The molecule has 0 heterocycles. The standard InChI is InChI=1S/C10H13FN2O3/c1-10(12,6-14)5-7-3-2-4-8(9(7)11)13(15)16/h2-4,14H,5-6,12H2,1H3. The number of nitrogens with two attached hydrogens (primary N) is 1. The summed E-state index contributed by atoms with van der Waals surface area (Å²) in [5.74, 6) is -0.891. The third kappa shape index (κ3) is 2.74. The third-order valence-electron chi connectivity index (χ3n) is 2.21. The van der Waals surface area contributed by atoms with Gasteiger partial charge in [-0.15, -0.1) is 0 Å². The number of benzene rings is 1. The van der Waals surface area contributed by atoms with Crippen LogP contribution in [0.3, 0.4) is 0 Å². The second-order valence-corrected chi connectivity index (χ2v) is 4.00. The van der Waals surface area contributed by atoms with Crippen LogP contribution in [0.15, 0.2) is 18.2 Å². The van der Waals surface area contributed by atoms with Crippen molar-refractivity contribution in [2.75, 3.05) is 6.61 Å². The van der Waals surface area contributed by atoms with Gasteiger partial charge in [-0.05, 0) is 18.9 Å². The smallest absolute Gasteiger partial charge is 0.305 e. The normalized spacial score (nSPS) is 14.5. The van der Waals surface area contributed by atoms with Crippen molar-refractivity contribution in [1.82, 2.24) is 0 Å². The lowest BCUT2D eigenvalue weighted by Crippen LogP contribution is -2.42. The van der Waals surface area contributed by atoms with Gasteiger partial charge in [-0.2, -0.15) is 4.39 Å². The molecule has 1 aromatic carbocycles. The predicted octanol–water partition coefficient (Wildman–Crippen LogP) is 0.986. The molecule has 0 spiro atoms. The van der Waals surface area contributed by atoms with Crippen LogP contribution >= 0.6 is 0 Å². The van der Waals surface area contributed by atoms with Crippen LogP contribution < -0.4 is 5.73 Å². The number of rotatable bonds is 4. The molecule has 1 unspecified atom stereocenters. The van der Waals surface area contributed by atoms with Crippen LogP contribution in [0.5, 0.6) is 0 Å². The van der Waals surface area contributed by atoms with Gasteiger partial charge in [0.2, 0.25) is 5.82 Å². The fourth-order valence-electron chi connectivity index (χ4n) is 1.33. The number of aliphatic hydroxyl groups excluding tert-OH is 1. The lowest BCUT2D eigenvalue weighted by Gasteiger charge is -2.21. The Morgan fingerprint density at radius 1 is 1.62 bits per heavy atom. The van der Waals surface area contributed by atoms with Crippen LogP contribution in [0.4, 0.5) is 10.1 Å². The first kappa shape index (κ1) is 12.5. The minimum absolute atomic E-state index is 0.0387. The van der Waals surface area contributed by atoms with Crippen LogP contribution in [0, 0.1) is 15.9 Å². The van der Waals surface area contributed by atoms with E-state index in [9.17, 15) is 14.5 Å². The first-order valence-corrected chi connectivity index (χ1v) is 4.69. The Morgan fingerprint density at radius 2 is 2.25 bits per heavy atom. The van der Waals surface area contributed by atoms with E-state index in [4.69, 9.17) is 10.8 Å². The molecule has 0 amide bonds. The van der Waals surface area contributed by atoms with E-state index in [2.05, 4.69) is 0 Å². The molecule has 0 fully saturated rings. The van der Waals surface area contributed by atoms with E-state index in [1.807, 2.05) is 0 Å². The number of aliphatic hydroxyl groups is 1. The van der Waals surface area contributed by atoms with E-state index in [0.717, 1.165) is 6.07 Å². The highest BCUT2D eigenvalue weighted by atomic mass is 19.1. The maximum absolute atomic E-state index is 13.6. The first-order chi connectivity index (χ1) is 7.37. The van der Waals surface area contributed by atoms with Crippen molar-refractivity contribution in [3.05, 3.63) is 39.7 Å². The molecule has 3 N–H and O–H groups in total. The van der Waals surface area contributed by atoms with Gasteiger partial charge in [0.1, 0.15) is 0 Å². The van der Waals surface area contributed by atoms with Gasteiger partial charge in [0.25, 0.3) is 0 Å². The predicted molar refractivity (Wildman–Crippen MR) is 56.4 cm³/mol. The second-order valence-electron chi connectivity index (χ2n) is 4.00. The Kier molecular flexibility index (Phi) is 3.56. The number of hydrogen-bond donors (Lipinski definition) is 2. The Bertz CT molecular complexity index is 407. The summed E-state index contributed by atoms with van der Waals surface area (Å²) >= 11 is 0. The molecule has 88 valence electrons.